The molecule has 0 radical (unpaired) electrons. The summed E-state index contributed by atoms with van der Waals surface area (Å²) < 4.78 is 0. The normalized spacial score (nSPS) is 14.9. The number of fused-ring (bicyclic) bond motifs is 1. The summed E-state index contributed by atoms with van der Waals surface area (Å²) in [6.45, 7) is 4.15. The van der Waals surface area contributed by atoms with E-state index in [1.165, 1.54) is 16.0 Å². The maximum Gasteiger partial charge on any atom is 0.0897 e. The Hall–Kier alpha value is -0.550. The van der Waals surface area contributed by atoms with Gasteiger partial charge < -0.3 is 5.32 Å². The highest BCUT2D eigenvalue weighted by Crippen LogP contribution is 2.36. The van der Waals surface area contributed by atoms with E-state index in [9.17, 15) is 0 Å². The Morgan fingerprint density at radius 2 is 2.20 bits per heavy atom. The topological polar surface area (TPSA) is 24.9 Å². The van der Waals surface area contributed by atoms with Gasteiger partial charge in [0.25, 0.3) is 0 Å². The van der Waals surface area contributed by atoms with E-state index in [-0.39, 0.29) is 0 Å². The molecule has 1 aromatic heterocycles. The first kappa shape index (κ1) is 14.4. The maximum atomic E-state index is 6.43. The van der Waals surface area contributed by atoms with E-state index in [1.807, 2.05) is 24.8 Å². The lowest BCUT2D eigenvalue weighted by Crippen LogP contribution is -2.16. The number of rotatable bonds is 3. The van der Waals surface area contributed by atoms with Gasteiger partial charge >= 0.3 is 0 Å². The molecule has 5 heteroatoms. The predicted molar refractivity (Wildman–Crippen MR) is 88.1 cm³/mol. The van der Waals surface area contributed by atoms with Crippen LogP contribution in [0, 0.1) is 6.92 Å². The molecule has 0 bridgehead atoms. The molecule has 0 unspecified atom stereocenters. The van der Waals surface area contributed by atoms with Crippen molar-refractivity contribution in [3.63, 3.8) is 0 Å². The minimum atomic E-state index is 0.877. The van der Waals surface area contributed by atoms with Gasteiger partial charge in [-0.2, -0.15) is 0 Å². The van der Waals surface area contributed by atoms with Crippen molar-refractivity contribution in [3.05, 3.63) is 44.4 Å². The molecule has 0 atom stereocenters. The van der Waals surface area contributed by atoms with Gasteiger partial charge in [0.1, 0.15) is 0 Å². The molecule has 106 valence electrons. The minimum Gasteiger partial charge on any atom is -0.316 e. The number of hydrogen-bond acceptors (Lipinski definition) is 4. The molecule has 0 spiro atoms. The summed E-state index contributed by atoms with van der Waals surface area (Å²) >= 11 is 9.96. The first-order valence-corrected chi connectivity index (χ1v) is 9.03. The number of aryl methyl sites for hydroxylation is 1. The van der Waals surface area contributed by atoms with Crippen molar-refractivity contribution in [3.8, 4) is 0 Å². The van der Waals surface area contributed by atoms with Crippen LogP contribution in [-0.2, 0) is 18.6 Å². The lowest BCUT2D eigenvalue weighted by Gasteiger charge is -2.13. The zero-order valence-electron chi connectivity index (χ0n) is 11.4. The fourth-order valence-corrected chi connectivity index (χ4v) is 4.60. The fraction of sp³-hybridized carbons (Fsp3) is 0.400. The monoisotopic (exact) mass is 324 g/mol. The van der Waals surface area contributed by atoms with E-state index in [1.54, 1.807) is 11.3 Å². The van der Waals surface area contributed by atoms with Crippen LogP contribution in [0.25, 0.3) is 0 Å². The predicted octanol–water partition coefficient (Wildman–Crippen LogP) is 4.09. The van der Waals surface area contributed by atoms with Gasteiger partial charge in [0, 0.05) is 16.0 Å². The molecule has 3 rings (SSSR count). The lowest BCUT2D eigenvalue weighted by molar-refractivity contribution is 0.709. The second-order valence-electron chi connectivity index (χ2n) is 4.91. The van der Waals surface area contributed by atoms with Gasteiger partial charge in [0.2, 0.25) is 0 Å². The number of benzene rings is 1. The third-order valence-electron chi connectivity index (χ3n) is 3.46. The van der Waals surface area contributed by atoms with Crippen LogP contribution in [0.4, 0.5) is 0 Å². The lowest BCUT2D eigenvalue weighted by atomic mass is 10.0. The molecule has 0 saturated carbocycles. The summed E-state index contributed by atoms with van der Waals surface area (Å²) in [6.07, 6.45) is 2.16. The van der Waals surface area contributed by atoms with Crippen LogP contribution in [0.1, 0.15) is 21.8 Å². The summed E-state index contributed by atoms with van der Waals surface area (Å²) in [5.41, 5.74) is 4.02. The second kappa shape index (κ2) is 6.48. The van der Waals surface area contributed by atoms with Gasteiger partial charge in [-0.3, -0.25) is 0 Å². The van der Waals surface area contributed by atoms with E-state index in [0.717, 1.165) is 47.4 Å². The Morgan fingerprint density at radius 1 is 1.35 bits per heavy atom. The SMILES string of the molecule is Cc1nc(CSc2c(Cl)ccc3c2CCNCC3)cs1. The van der Waals surface area contributed by atoms with Crippen LogP contribution in [0.15, 0.2) is 22.4 Å². The largest absolute Gasteiger partial charge is 0.316 e. The Balaban J connectivity index is 1.84. The van der Waals surface area contributed by atoms with E-state index < -0.39 is 0 Å². The van der Waals surface area contributed by atoms with Crippen molar-refractivity contribution in [2.45, 2.75) is 30.4 Å². The molecular weight excluding hydrogens is 308 g/mol. The molecule has 2 aromatic rings. The van der Waals surface area contributed by atoms with E-state index in [2.05, 4.69) is 21.7 Å². The van der Waals surface area contributed by atoms with E-state index >= 15 is 0 Å². The third kappa shape index (κ3) is 3.19. The average molecular weight is 325 g/mol. The van der Waals surface area contributed by atoms with Crippen LogP contribution < -0.4 is 5.32 Å². The summed E-state index contributed by atoms with van der Waals surface area (Å²) in [4.78, 5) is 5.78. The molecule has 2 heterocycles. The Labute approximate surface area is 133 Å². The molecule has 1 aromatic carbocycles. The third-order valence-corrected chi connectivity index (χ3v) is 5.91. The Bertz CT molecular complexity index is 610. The van der Waals surface area contributed by atoms with Gasteiger partial charge in [-0.1, -0.05) is 17.7 Å². The highest BCUT2D eigenvalue weighted by atomic mass is 35.5. The molecule has 1 aliphatic rings. The smallest absolute Gasteiger partial charge is 0.0897 e. The van der Waals surface area contributed by atoms with Gasteiger partial charge in [0.15, 0.2) is 0 Å². The van der Waals surface area contributed by atoms with Gasteiger partial charge in [-0.25, -0.2) is 4.98 Å². The van der Waals surface area contributed by atoms with Crippen molar-refractivity contribution >= 4 is 34.7 Å². The Morgan fingerprint density at radius 3 is 3.00 bits per heavy atom. The van der Waals surface area contributed by atoms with Crippen LogP contribution in [0.3, 0.4) is 0 Å². The van der Waals surface area contributed by atoms with Gasteiger partial charge in [-0.05, 0) is 50.0 Å². The highest BCUT2D eigenvalue weighted by molar-refractivity contribution is 7.98. The minimum absolute atomic E-state index is 0.877. The number of nitrogens with one attached hydrogen (secondary N) is 1. The first-order valence-electron chi connectivity index (χ1n) is 6.79. The molecule has 0 aliphatic carbocycles. The van der Waals surface area contributed by atoms with Gasteiger partial charge in [0.05, 0.1) is 15.7 Å². The van der Waals surface area contributed by atoms with Crippen molar-refractivity contribution in [2.75, 3.05) is 13.1 Å². The van der Waals surface area contributed by atoms with Crippen LogP contribution in [-0.4, -0.2) is 18.1 Å². The Kier molecular flexibility index (Phi) is 4.66. The molecule has 1 N–H and O–H groups in total. The molecule has 20 heavy (non-hydrogen) atoms. The van der Waals surface area contributed by atoms with Gasteiger partial charge in [-0.15, -0.1) is 23.1 Å². The molecular formula is C15H17ClN2S2. The number of aromatic nitrogens is 1. The van der Waals surface area contributed by atoms with Crippen molar-refractivity contribution in [2.24, 2.45) is 0 Å². The van der Waals surface area contributed by atoms with Crippen molar-refractivity contribution in [1.29, 1.82) is 0 Å². The van der Waals surface area contributed by atoms with Crippen LogP contribution in [0.2, 0.25) is 5.02 Å². The zero-order chi connectivity index (χ0) is 13.9. The van der Waals surface area contributed by atoms with Crippen LogP contribution in [0.5, 0.6) is 0 Å². The molecule has 0 saturated heterocycles. The van der Waals surface area contributed by atoms with Crippen LogP contribution >= 0.6 is 34.7 Å². The quantitative estimate of drug-likeness (QED) is 0.861. The fourth-order valence-electron chi connectivity index (χ4n) is 2.49. The summed E-state index contributed by atoms with van der Waals surface area (Å²) in [6, 6.07) is 4.22. The summed E-state index contributed by atoms with van der Waals surface area (Å²) in [5, 5.41) is 7.60. The molecule has 0 fully saturated rings. The van der Waals surface area contributed by atoms with E-state index in [0.29, 0.717) is 0 Å². The number of thioether (sulfide) groups is 1. The summed E-state index contributed by atoms with van der Waals surface area (Å²) in [7, 11) is 0. The maximum absolute atomic E-state index is 6.43. The molecule has 1 aliphatic heterocycles. The summed E-state index contributed by atoms with van der Waals surface area (Å²) in [5.74, 6) is 0.897. The highest BCUT2D eigenvalue weighted by Gasteiger charge is 2.15. The first-order chi connectivity index (χ1) is 9.74. The number of hydrogen-bond donors (Lipinski definition) is 1. The van der Waals surface area contributed by atoms with Crippen molar-refractivity contribution in [1.82, 2.24) is 10.3 Å². The number of halogens is 1. The zero-order valence-corrected chi connectivity index (χ0v) is 13.8. The standard InChI is InChI=1S/C15H17ClN2S2/c1-10-18-12(8-19-10)9-20-15-13-5-7-17-6-4-11(13)2-3-14(15)16/h2-3,8,17H,4-7,9H2,1H3. The van der Waals surface area contributed by atoms with Crippen molar-refractivity contribution < 1.29 is 0 Å². The second-order valence-corrected chi connectivity index (χ2v) is 7.37. The molecule has 2 nitrogen and oxygen atoms in total. The number of nitrogens with zero attached hydrogens (tertiary/aromatic N) is 1. The average Bonchev–Trinajstić information content (AvgIpc) is 2.71. The van der Waals surface area contributed by atoms with E-state index in [4.69, 9.17) is 11.6 Å². The number of thiazole rings is 1. The molecule has 0 amide bonds.